The molecule has 0 aromatic heterocycles. The van der Waals surface area contributed by atoms with Crippen LogP contribution in [0.4, 0.5) is 0 Å². The summed E-state index contributed by atoms with van der Waals surface area (Å²) >= 11 is 0. The summed E-state index contributed by atoms with van der Waals surface area (Å²) in [6.07, 6.45) is 4.01. The molecule has 118 valence electrons. The Kier molecular flexibility index (Phi) is 5.07. The summed E-state index contributed by atoms with van der Waals surface area (Å²) in [6, 6.07) is 7.53. The number of rotatable bonds is 5. The zero-order valence-corrected chi connectivity index (χ0v) is 13.7. The minimum Gasteiger partial charge on any atom is -0.326 e. The molecule has 1 aliphatic carbocycles. The lowest BCUT2D eigenvalue weighted by Gasteiger charge is -2.34. The molecule has 0 amide bonds. The van der Waals surface area contributed by atoms with Gasteiger partial charge in [0.05, 0.1) is 5.75 Å². The summed E-state index contributed by atoms with van der Waals surface area (Å²) in [4.78, 5) is 0. The normalized spacial score (nSPS) is 19.6. The van der Waals surface area contributed by atoms with E-state index >= 15 is 0 Å². The van der Waals surface area contributed by atoms with E-state index in [2.05, 4.69) is 18.6 Å². The lowest BCUT2D eigenvalue weighted by molar-refractivity contribution is 0.218. The van der Waals surface area contributed by atoms with Crippen LogP contribution in [-0.4, -0.2) is 14.5 Å². The average molecular weight is 310 g/mol. The van der Waals surface area contributed by atoms with Gasteiger partial charge in [-0.15, -0.1) is 0 Å². The summed E-state index contributed by atoms with van der Waals surface area (Å²) in [7, 11) is -3.27. The first kappa shape index (κ1) is 16.5. The van der Waals surface area contributed by atoms with Crippen molar-refractivity contribution in [3.63, 3.8) is 0 Å². The van der Waals surface area contributed by atoms with Gasteiger partial charge < -0.3 is 5.73 Å². The van der Waals surface area contributed by atoms with E-state index in [-0.39, 0.29) is 11.8 Å². The van der Waals surface area contributed by atoms with Gasteiger partial charge in [0.15, 0.2) is 0 Å². The maximum atomic E-state index is 12.2. The predicted octanol–water partition coefficient (Wildman–Crippen LogP) is 2.53. The Balaban J connectivity index is 1.92. The molecular formula is C16H26N2O2S. The molecule has 1 aliphatic rings. The van der Waals surface area contributed by atoms with Crippen LogP contribution >= 0.6 is 0 Å². The van der Waals surface area contributed by atoms with Gasteiger partial charge in [0.2, 0.25) is 10.0 Å². The second kappa shape index (κ2) is 6.46. The maximum absolute atomic E-state index is 12.2. The molecule has 0 unspecified atom stereocenters. The van der Waals surface area contributed by atoms with E-state index in [1.165, 1.54) is 0 Å². The molecule has 1 saturated carbocycles. The third-order valence-electron chi connectivity index (χ3n) is 4.30. The minimum absolute atomic E-state index is 0.0394. The van der Waals surface area contributed by atoms with E-state index in [0.29, 0.717) is 12.0 Å². The van der Waals surface area contributed by atoms with E-state index in [1.807, 2.05) is 24.3 Å². The van der Waals surface area contributed by atoms with Gasteiger partial charge in [-0.05, 0) is 42.2 Å². The molecule has 5 heteroatoms. The molecule has 0 aliphatic heterocycles. The highest BCUT2D eigenvalue weighted by Crippen LogP contribution is 2.35. The van der Waals surface area contributed by atoms with E-state index in [0.717, 1.165) is 36.8 Å². The third kappa shape index (κ3) is 5.09. The quantitative estimate of drug-likeness (QED) is 0.878. The lowest BCUT2D eigenvalue weighted by Crippen LogP contribution is -2.39. The summed E-state index contributed by atoms with van der Waals surface area (Å²) in [6.45, 7) is 4.97. The zero-order chi connectivity index (χ0) is 15.5. The Morgan fingerprint density at radius 1 is 1.14 bits per heavy atom. The molecule has 21 heavy (non-hydrogen) atoms. The summed E-state index contributed by atoms with van der Waals surface area (Å²) in [5, 5.41) is 0. The number of benzene rings is 1. The second-order valence-electron chi connectivity index (χ2n) is 6.84. The van der Waals surface area contributed by atoms with Crippen molar-refractivity contribution in [3.05, 3.63) is 35.4 Å². The van der Waals surface area contributed by atoms with Crippen molar-refractivity contribution in [2.45, 2.75) is 57.9 Å². The molecule has 2 rings (SSSR count). The fourth-order valence-corrected chi connectivity index (χ4v) is 4.26. The molecule has 0 heterocycles. The van der Waals surface area contributed by atoms with Crippen molar-refractivity contribution in [3.8, 4) is 0 Å². The van der Waals surface area contributed by atoms with Crippen LogP contribution in [0, 0.1) is 5.41 Å². The Morgan fingerprint density at radius 3 is 2.19 bits per heavy atom. The fraction of sp³-hybridized carbons (Fsp3) is 0.625. The first-order valence-electron chi connectivity index (χ1n) is 7.58. The van der Waals surface area contributed by atoms with Gasteiger partial charge in [0.25, 0.3) is 0 Å². The van der Waals surface area contributed by atoms with Crippen LogP contribution in [0.1, 0.15) is 50.7 Å². The predicted molar refractivity (Wildman–Crippen MR) is 86.1 cm³/mol. The van der Waals surface area contributed by atoms with Crippen LogP contribution in [0.3, 0.4) is 0 Å². The SMILES string of the molecule is CC1(C)CCC(NS(=O)(=O)Cc2ccc(CN)cc2)CC1. The molecular weight excluding hydrogens is 284 g/mol. The molecule has 1 aromatic carbocycles. The molecule has 4 nitrogen and oxygen atoms in total. The van der Waals surface area contributed by atoms with Crippen LogP contribution in [0.2, 0.25) is 0 Å². The van der Waals surface area contributed by atoms with E-state index in [4.69, 9.17) is 5.73 Å². The second-order valence-corrected chi connectivity index (χ2v) is 8.59. The Labute approximate surface area is 128 Å². The molecule has 1 aromatic rings. The average Bonchev–Trinajstić information content (AvgIpc) is 2.41. The number of hydrogen-bond donors (Lipinski definition) is 2. The molecule has 0 spiro atoms. The highest BCUT2D eigenvalue weighted by Gasteiger charge is 2.29. The minimum atomic E-state index is -3.27. The fourth-order valence-electron chi connectivity index (χ4n) is 2.80. The first-order valence-corrected chi connectivity index (χ1v) is 9.23. The van der Waals surface area contributed by atoms with Crippen molar-refractivity contribution in [1.82, 2.24) is 4.72 Å². The maximum Gasteiger partial charge on any atom is 0.216 e. The summed E-state index contributed by atoms with van der Waals surface area (Å²) in [5.74, 6) is 0.0394. The largest absolute Gasteiger partial charge is 0.326 e. The third-order valence-corrected chi connectivity index (χ3v) is 5.71. The van der Waals surface area contributed by atoms with Gasteiger partial charge in [-0.1, -0.05) is 38.1 Å². The van der Waals surface area contributed by atoms with Crippen molar-refractivity contribution in [2.24, 2.45) is 11.1 Å². The van der Waals surface area contributed by atoms with Gasteiger partial charge in [0, 0.05) is 12.6 Å². The van der Waals surface area contributed by atoms with Crippen LogP contribution in [0.5, 0.6) is 0 Å². The van der Waals surface area contributed by atoms with Crippen LogP contribution in [-0.2, 0) is 22.3 Å². The summed E-state index contributed by atoms with van der Waals surface area (Å²) < 4.78 is 27.4. The van der Waals surface area contributed by atoms with Crippen LogP contribution < -0.4 is 10.5 Å². The standard InChI is InChI=1S/C16H26N2O2S/c1-16(2)9-7-15(8-10-16)18-21(19,20)12-14-5-3-13(11-17)4-6-14/h3-6,15,18H,7-12,17H2,1-2H3. The Morgan fingerprint density at radius 2 is 1.67 bits per heavy atom. The van der Waals surface area contributed by atoms with Crippen LogP contribution in [0.25, 0.3) is 0 Å². The topological polar surface area (TPSA) is 72.2 Å². The van der Waals surface area contributed by atoms with Gasteiger partial charge in [-0.3, -0.25) is 0 Å². The lowest BCUT2D eigenvalue weighted by atomic mass is 9.76. The number of nitrogens with one attached hydrogen (secondary N) is 1. The monoisotopic (exact) mass is 310 g/mol. The van der Waals surface area contributed by atoms with Crippen molar-refractivity contribution >= 4 is 10.0 Å². The zero-order valence-electron chi connectivity index (χ0n) is 12.9. The van der Waals surface area contributed by atoms with Crippen molar-refractivity contribution in [1.29, 1.82) is 0 Å². The van der Waals surface area contributed by atoms with Gasteiger partial charge >= 0.3 is 0 Å². The van der Waals surface area contributed by atoms with Gasteiger partial charge in [-0.2, -0.15) is 0 Å². The van der Waals surface area contributed by atoms with E-state index in [1.54, 1.807) is 0 Å². The number of sulfonamides is 1. The molecule has 0 radical (unpaired) electrons. The smallest absolute Gasteiger partial charge is 0.216 e. The molecule has 3 N–H and O–H groups in total. The first-order chi connectivity index (χ1) is 9.80. The molecule has 0 bridgehead atoms. The summed E-state index contributed by atoms with van der Waals surface area (Å²) in [5.41, 5.74) is 7.70. The van der Waals surface area contributed by atoms with Gasteiger partial charge in [-0.25, -0.2) is 13.1 Å². The molecule has 0 saturated heterocycles. The number of nitrogens with two attached hydrogens (primary N) is 1. The molecule has 0 atom stereocenters. The van der Waals surface area contributed by atoms with Gasteiger partial charge in [0.1, 0.15) is 0 Å². The van der Waals surface area contributed by atoms with E-state index in [9.17, 15) is 8.42 Å². The van der Waals surface area contributed by atoms with E-state index < -0.39 is 10.0 Å². The van der Waals surface area contributed by atoms with Crippen molar-refractivity contribution in [2.75, 3.05) is 0 Å². The number of hydrogen-bond acceptors (Lipinski definition) is 3. The Bertz CT molecular complexity index is 554. The highest BCUT2D eigenvalue weighted by atomic mass is 32.2. The molecule has 1 fully saturated rings. The van der Waals surface area contributed by atoms with Crippen molar-refractivity contribution < 1.29 is 8.42 Å². The Hall–Kier alpha value is -0.910. The highest BCUT2D eigenvalue weighted by molar-refractivity contribution is 7.88. The van der Waals surface area contributed by atoms with Crippen LogP contribution in [0.15, 0.2) is 24.3 Å².